The molecule has 0 radical (unpaired) electrons. The Morgan fingerprint density at radius 2 is 1.83 bits per heavy atom. The Morgan fingerprint density at radius 3 is 2.61 bits per heavy atom. The van der Waals surface area contributed by atoms with Crippen LogP contribution >= 0.6 is 0 Å². The highest BCUT2D eigenvalue weighted by Gasteiger charge is 2.35. The van der Waals surface area contributed by atoms with Gasteiger partial charge in [0.1, 0.15) is 0 Å². The fourth-order valence-electron chi connectivity index (χ4n) is 3.72. The molecule has 0 saturated heterocycles. The maximum Gasteiger partial charge on any atom is 0.0655 e. The third-order valence-corrected chi connectivity index (χ3v) is 4.85. The third kappa shape index (κ3) is 3.72. The van der Waals surface area contributed by atoms with E-state index in [1.807, 2.05) is 0 Å². The first-order valence-electron chi connectivity index (χ1n) is 7.84. The van der Waals surface area contributed by atoms with Gasteiger partial charge in [0.2, 0.25) is 0 Å². The minimum atomic E-state index is 0.341. The Morgan fingerprint density at radius 1 is 1.06 bits per heavy atom. The zero-order valence-corrected chi connectivity index (χ0v) is 11.7. The number of hydrogen-bond donors (Lipinski definition) is 0. The van der Waals surface area contributed by atoms with Crippen molar-refractivity contribution < 1.29 is 4.74 Å². The molecular formula is C16H27NO. The van der Waals surface area contributed by atoms with Gasteiger partial charge >= 0.3 is 0 Å². The molecule has 2 saturated carbocycles. The molecular weight excluding hydrogens is 222 g/mol. The summed E-state index contributed by atoms with van der Waals surface area (Å²) in [5, 5.41) is 9.03. The molecule has 2 heteroatoms. The van der Waals surface area contributed by atoms with Gasteiger partial charge < -0.3 is 4.74 Å². The average Bonchev–Trinajstić information content (AvgIpc) is 2.43. The molecule has 0 bridgehead atoms. The fraction of sp³-hybridized carbons (Fsp3) is 0.938. The van der Waals surface area contributed by atoms with Crippen molar-refractivity contribution >= 4 is 0 Å². The molecule has 2 rings (SSSR count). The maximum atomic E-state index is 9.03. The SMILES string of the molecule is CCCCCOC1CCC2C[C@H](C#N)CC[C@@H]2C1. The second kappa shape index (κ2) is 7.14. The molecule has 2 unspecified atom stereocenters. The van der Waals surface area contributed by atoms with Gasteiger partial charge in [-0.3, -0.25) is 0 Å². The summed E-state index contributed by atoms with van der Waals surface area (Å²) >= 11 is 0. The van der Waals surface area contributed by atoms with Gasteiger partial charge in [0.15, 0.2) is 0 Å². The largest absolute Gasteiger partial charge is 0.378 e. The predicted molar refractivity (Wildman–Crippen MR) is 73.1 cm³/mol. The standard InChI is InChI=1S/C16H27NO/c1-2-3-4-9-18-16-8-7-14-10-13(12-17)5-6-15(14)11-16/h13-16H,2-11H2,1H3/t13-,14?,15-,16?/m1/s1. The lowest BCUT2D eigenvalue weighted by molar-refractivity contribution is -0.0174. The smallest absolute Gasteiger partial charge is 0.0655 e. The normalized spacial score (nSPS) is 35.8. The Balaban J connectivity index is 1.69. The van der Waals surface area contributed by atoms with Crippen LogP contribution in [0.5, 0.6) is 0 Å². The second-order valence-electron chi connectivity index (χ2n) is 6.17. The molecule has 0 amide bonds. The number of nitrogens with zero attached hydrogens (tertiary/aromatic N) is 1. The molecule has 0 aromatic rings. The van der Waals surface area contributed by atoms with E-state index in [4.69, 9.17) is 10.00 Å². The lowest BCUT2D eigenvalue weighted by Gasteiger charge is -2.40. The Kier molecular flexibility index (Phi) is 5.50. The van der Waals surface area contributed by atoms with Crippen molar-refractivity contribution in [2.45, 2.75) is 70.8 Å². The third-order valence-electron chi connectivity index (χ3n) is 4.85. The summed E-state index contributed by atoms with van der Waals surface area (Å²) in [6.07, 6.45) is 11.6. The van der Waals surface area contributed by atoms with Crippen molar-refractivity contribution in [1.29, 1.82) is 5.26 Å². The van der Waals surface area contributed by atoms with Crippen LogP contribution < -0.4 is 0 Å². The lowest BCUT2D eigenvalue weighted by Crippen LogP contribution is -2.34. The quantitative estimate of drug-likeness (QED) is 0.680. The van der Waals surface area contributed by atoms with Crippen LogP contribution in [0.25, 0.3) is 0 Å². The van der Waals surface area contributed by atoms with Gasteiger partial charge in [0, 0.05) is 12.5 Å². The highest BCUT2D eigenvalue weighted by atomic mass is 16.5. The van der Waals surface area contributed by atoms with E-state index in [0.29, 0.717) is 12.0 Å². The van der Waals surface area contributed by atoms with Crippen LogP contribution in [0.4, 0.5) is 0 Å². The second-order valence-corrected chi connectivity index (χ2v) is 6.17. The average molecular weight is 249 g/mol. The molecule has 4 atom stereocenters. The van der Waals surface area contributed by atoms with Crippen LogP contribution in [-0.2, 0) is 4.74 Å². The first kappa shape index (κ1) is 13.9. The topological polar surface area (TPSA) is 33.0 Å². The van der Waals surface area contributed by atoms with Gasteiger partial charge in [-0.2, -0.15) is 5.26 Å². The van der Waals surface area contributed by atoms with Gasteiger partial charge in [-0.05, 0) is 56.8 Å². The monoisotopic (exact) mass is 249 g/mol. The fourth-order valence-corrected chi connectivity index (χ4v) is 3.72. The number of rotatable bonds is 5. The highest BCUT2D eigenvalue weighted by molar-refractivity contribution is 4.93. The molecule has 2 nitrogen and oxygen atoms in total. The van der Waals surface area contributed by atoms with Crippen LogP contribution in [0.3, 0.4) is 0 Å². The number of ether oxygens (including phenoxy) is 1. The van der Waals surface area contributed by atoms with E-state index in [2.05, 4.69) is 13.0 Å². The molecule has 0 aromatic carbocycles. The Labute approximate surface area is 112 Å². The van der Waals surface area contributed by atoms with E-state index in [-0.39, 0.29) is 0 Å². The van der Waals surface area contributed by atoms with E-state index in [1.165, 1.54) is 44.9 Å². The number of nitriles is 1. The summed E-state index contributed by atoms with van der Waals surface area (Å²) in [5.41, 5.74) is 0. The molecule has 18 heavy (non-hydrogen) atoms. The summed E-state index contributed by atoms with van der Waals surface area (Å²) < 4.78 is 6.02. The van der Waals surface area contributed by atoms with Crippen molar-refractivity contribution in [3.63, 3.8) is 0 Å². The van der Waals surface area contributed by atoms with Crippen molar-refractivity contribution in [3.05, 3.63) is 0 Å². The van der Waals surface area contributed by atoms with Crippen LogP contribution in [-0.4, -0.2) is 12.7 Å². The van der Waals surface area contributed by atoms with E-state index in [9.17, 15) is 0 Å². The zero-order chi connectivity index (χ0) is 12.8. The lowest BCUT2D eigenvalue weighted by atomic mass is 9.67. The van der Waals surface area contributed by atoms with Crippen molar-refractivity contribution in [3.8, 4) is 6.07 Å². The van der Waals surface area contributed by atoms with Gasteiger partial charge in [-0.15, -0.1) is 0 Å². The summed E-state index contributed by atoms with van der Waals surface area (Å²) in [4.78, 5) is 0. The number of hydrogen-bond acceptors (Lipinski definition) is 2. The van der Waals surface area contributed by atoms with Gasteiger partial charge in [-0.25, -0.2) is 0 Å². The molecule has 0 aromatic heterocycles. The molecule has 0 spiro atoms. The Hall–Kier alpha value is -0.550. The Bertz CT molecular complexity index is 283. The minimum Gasteiger partial charge on any atom is -0.378 e. The molecule has 2 aliphatic rings. The van der Waals surface area contributed by atoms with Crippen LogP contribution in [0.1, 0.15) is 64.7 Å². The first-order valence-corrected chi connectivity index (χ1v) is 7.84. The maximum absolute atomic E-state index is 9.03. The predicted octanol–water partition coefficient (Wildman–Crippen LogP) is 4.30. The molecule has 2 aliphatic carbocycles. The van der Waals surface area contributed by atoms with Crippen LogP contribution in [0.2, 0.25) is 0 Å². The minimum absolute atomic E-state index is 0.341. The summed E-state index contributed by atoms with van der Waals surface area (Å²) in [7, 11) is 0. The molecule has 2 fully saturated rings. The van der Waals surface area contributed by atoms with E-state index >= 15 is 0 Å². The van der Waals surface area contributed by atoms with Crippen LogP contribution in [0.15, 0.2) is 0 Å². The van der Waals surface area contributed by atoms with E-state index in [0.717, 1.165) is 31.3 Å². The van der Waals surface area contributed by atoms with E-state index in [1.54, 1.807) is 0 Å². The van der Waals surface area contributed by atoms with Gasteiger partial charge in [-0.1, -0.05) is 19.8 Å². The van der Waals surface area contributed by atoms with Crippen molar-refractivity contribution in [2.75, 3.05) is 6.61 Å². The van der Waals surface area contributed by atoms with Crippen molar-refractivity contribution in [1.82, 2.24) is 0 Å². The molecule has 0 aliphatic heterocycles. The highest BCUT2D eigenvalue weighted by Crippen LogP contribution is 2.43. The zero-order valence-electron chi connectivity index (χ0n) is 11.7. The van der Waals surface area contributed by atoms with Crippen LogP contribution in [0, 0.1) is 29.1 Å². The molecule has 0 heterocycles. The van der Waals surface area contributed by atoms with E-state index < -0.39 is 0 Å². The number of unbranched alkanes of at least 4 members (excludes halogenated alkanes) is 2. The van der Waals surface area contributed by atoms with Gasteiger partial charge in [0.05, 0.1) is 12.2 Å². The first-order chi connectivity index (χ1) is 8.83. The molecule has 0 N–H and O–H groups in total. The molecule has 102 valence electrons. The summed E-state index contributed by atoms with van der Waals surface area (Å²) in [5.74, 6) is 2.01. The summed E-state index contributed by atoms with van der Waals surface area (Å²) in [6.45, 7) is 3.19. The number of fused-ring (bicyclic) bond motifs is 1. The van der Waals surface area contributed by atoms with Gasteiger partial charge in [0.25, 0.3) is 0 Å². The summed E-state index contributed by atoms with van der Waals surface area (Å²) in [6, 6.07) is 2.47. The van der Waals surface area contributed by atoms with Crippen molar-refractivity contribution in [2.24, 2.45) is 17.8 Å².